The summed E-state index contributed by atoms with van der Waals surface area (Å²) in [5.74, 6) is -0.332. The van der Waals surface area contributed by atoms with Crippen LogP contribution in [0, 0.1) is 19.8 Å². The predicted molar refractivity (Wildman–Crippen MR) is 90.2 cm³/mol. The summed E-state index contributed by atoms with van der Waals surface area (Å²) < 4.78 is 38.3. The van der Waals surface area contributed by atoms with Crippen molar-refractivity contribution in [2.24, 2.45) is 5.92 Å². The molecule has 2 heterocycles. The lowest BCUT2D eigenvalue weighted by molar-refractivity contribution is -0.187. The third-order valence-corrected chi connectivity index (χ3v) is 5.71. The zero-order valence-electron chi connectivity index (χ0n) is 15.1. The van der Waals surface area contributed by atoms with Gasteiger partial charge in [-0.1, -0.05) is 0 Å². The number of aromatic nitrogens is 2. The number of hydrogen-bond acceptors (Lipinski definition) is 4. The number of halogens is 3. The van der Waals surface area contributed by atoms with E-state index < -0.39 is 12.1 Å². The molecular formula is C18H27F3N4. The summed E-state index contributed by atoms with van der Waals surface area (Å²) in [7, 11) is 0. The van der Waals surface area contributed by atoms with Crippen LogP contribution in [0.1, 0.15) is 55.7 Å². The minimum absolute atomic E-state index is 0.183. The van der Waals surface area contributed by atoms with E-state index in [0.717, 1.165) is 29.9 Å². The van der Waals surface area contributed by atoms with Gasteiger partial charge in [-0.3, -0.25) is 0 Å². The van der Waals surface area contributed by atoms with Crippen LogP contribution in [0.4, 0.5) is 13.2 Å². The first-order valence-electron chi connectivity index (χ1n) is 9.11. The Morgan fingerprint density at radius 2 is 1.84 bits per heavy atom. The standard InChI is InChI=1S/C18H27F3N4/c1-11-17(10-22-13(3)23-11)12(2)24-15-8-16(9-15)25-6-4-14(5-7-25)18(19,20)21/h10,12,14-16,24H,4-9H2,1-3H3. The minimum Gasteiger partial charge on any atom is -0.307 e. The smallest absolute Gasteiger partial charge is 0.307 e. The van der Waals surface area contributed by atoms with Crippen molar-refractivity contribution in [3.05, 3.63) is 23.3 Å². The van der Waals surface area contributed by atoms with Gasteiger partial charge in [0.25, 0.3) is 0 Å². The molecule has 0 aromatic carbocycles. The topological polar surface area (TPSA) is 41.1 Å². The Kier molecular flexibility index (Phi) is 5.34. The van der Waals surface area contributed by atoms with Crippen LogP contribution in [0.2, 0.25) is 0 Å². The number of nitrogens with one attached hydrogen (secondary N) is 1. The maximum absolute atomic E-state index is 12.8. The van der Waals surface area contributed by atoms with Gasteiger partial charge in [0.05, 0.1) is 5.92 Å². The van der Waals surface area contributed by atoms with Crippen molar-refractivity contribution < 1.29 is 13.2 Å². The second kappa shape index (κ2) is 7.19. The van der Waals surface area contributed by atoms with Gasteiger partial charge in [0.15, 0.2) is 0 Å². The summed E-state index contributed by atoms with van der Waals surface area (Å²) in [6, 6.07) is 1.03. The second-order valence-electron chi connectivity index (χ2n) is 7.52. The van der Waals surface area contributed by atoms with Gasteiger partial charge in [-0.25, -0.2) is 9.97 Å². The van der Waals surface area contributed by atoms with Gasteiger partial charge in [0, 0.05) is 35.6 Å². The van der Waals surface area contributed by atoms with Gasteiger partial charge >= 0.3 is 6.18 Å². The van der Waals surface area contributed by atoms with E-state index in [-0.39, 0.29) is 18.9 Å². The van der Waals surface area contributed by atoms with Crippen LogP contribution in [-0.2, 0) is 0 Å². The van der Waals surface area contributed by atoms with E-state index in [4.69, 9.17) is 0 Å². The first kappa shape index (κ1) is 18.6. The van der Waals surface area contributed by atoms with Crippen LogP contribution in [0.15, 0.2) is 6.20 Å². The van der Waals surface area contributed by atoms with Crippen molar-refractivity contribution in [3.8, 4) is 0 Å². The van der Waals surface area contributed by atoms with Crippen molar-refractivity contribution in [1.29, 1.82) is 0 Å². The van der Waals surface area contributed by atoms with Crippen LogP contribution >= 0.6 is 0 Å². The zero-order chi connectivity index (χ0) is 18.2. The summed E-state index contributed by atoms with van der Waals surface area (Å²) in [5.41, 5.74) is 2.11. The quantitative estimate of drug-likeness (QED) is 0.896. The van der Waals surface area contributed by atoms with E-state index >= 15 is 0 Å². The lowest BCUT2D eigenvalue weighted by Gasteiger charge is -2.46. The Morgan fingerprint density at radius 1 is 1.20 bits per heavy atom. The molecule has 0 radical (unpaired) electrons. The molecule has 140 valence electrons. The summed E-state index contributed by atoms with van der Waals surface area (Å²) in [6.45, 7) is 7.14. The van der Waals surface area contributed by atoms with Gasteiger partial charge < -0.3 is 10.2 Å². The number of likely N-dealkylation sites (tertiary alicyclic amines) is 1. The van der Waals surface area contributed by atoms with Crippen molar-refractivity contribution in [2.75, 3.05) is 13.1 Å². The van der Waals surface area contributed by atoms with E-state index in [1.54, 1.807) is 0 Å². The maximum Gasteiger partial charge on any atom is 0.391 e. The molecule has 1 aliphatic heterocycles. The van der Waals surface area contributed by atoms with Gasteiger partial charge in [-0.05, 0) is 59.5 Å². The molecule has 7 heteroatoms. The van der Waals surface area contributed by atoms with E-state index in [0.29, 0.717) is 25.2 Å². The number of rotatable bonds is 4. The molecule has 1 saturated heterocycles. The SMILES string of the molecule is Cc1ncc(C(C)NC2CC(N3CCC(C(F)(F)F)CC3)C2)c(C)n1. The first-order chi connectivity index (χ1) is 11.7. The molecule has 1 aromatic rings. The highest BCUT2D eigenvalue weighted by molar-refractivity contribution is 5.20. The highest BCUT2D eigenvalue weighted by Gasteiger charge is 2.43. The third-order valence-electron chi connectivity index (χ3n) is 5.71. The Labute approximate surface area is 147 Å². The monoisotopic (exact) mass is 356 g/mol. The Morgan fingerprint density at radius 3 is 2.40 bits per heavy atom. The van der Waals surface area contributed by atoms with Gasteiger partial charge in [0.1, 0.15) is 5.82 Å². The van der Waals surface area contributed by atoms with Crippen molar-refractivity contribution in [3.63, 3.8) is 0 Å². The summed E-state index contributed by atoms with van der Waals surface area (Å²) in [6.07, 6.45) is 0.356. The fourth-order valence-electron chi connectivity index (χ4n) is 4.07. The predicted octanol–water partition coefficient (Wildman–Crippen LogP) is 3.55. The molecule has 4 nitrogen and oxygen atoms in total. The molecule has 1 unspecified atom stereocenters. The van der Waals surface area contributed by atoms with Gasteiger partial charge in [-0.15, -0.1) is 0 Å². The lowest BCUT2D eigenvalue weighted by atomic mass is 9.82. The molecule has 1 aliphatic carbocycles. The minimum atomic E-state index is -4.03. The third kappa shape index (κ3) is 4.31. The Balaban J connectivity index is 1.44. The fraction of sp³-hybridized carbons (Fsp3) is 0.778. The summed E-state index contributed by atoms with van der Waals surface area (Å²) in [5, 5.41) is 3.61. The van der Waals surface area contributed by atoms with E-state index in [9.17, 15) is 13.2 Å². The average Bonchev–Trinajstić information content (AvgIpc) is 2.49. The van der Waals surface area contributed by atoms with E-state index in [2.05, 4.69) is 27.1 Å². The van der Waals surface area contributed by atoms with Crippen LogP contribution < -0.4 is 5.32 Å². The second-order valence-corrected chi connectivity index (χ2v) is 7.52. The molecule has 1 saturated carbocycles. The number of hydrogen-bond donors (Lipinski definition) is 1. The Bertz CT molecular complexity index is 590. The zero-order valence-corrected chi connectivity index (χ0v) is 15.1. The van der Waals surface area contributed by atoms with E-state index in [1.807, 2.05) is 20.0 Å². The van der Waals surface area contributed by atoms with Crippen LogP contribution in [0.5, 0.6) is 0 Å². The Hall–Kier alpha value is -1.21. The van der Waals surface area contributed by atoms with Crippen LogP contribution in [0.25, 0.3) is 0 Å². The summed E-state index contributed by atoms with van der Waals surface area (Å²) in [4.78, 5) is 10.9. The molecule has 1 aromatic heterocycles. The number of nitrogens with zero attached hydrogens (tertiary/aromatic N) is 3. The highest BCUT2D eigenvalue weighted by Crippen LogP contribution is 2.37. The maximum atomic E-state index is 12.8. The van der Waals surface area contributed by atoms with Crippen LogP contribution in [-0.4, -0.2) is 46.2 Å². The van der Waals surface area contributed by atoms with Gasteiger partial charge in [-0.2, -0.15) is 13.2 Å². The number of aryl methyl sites for hydroxylation is 2. The molecule has 2 aliphatic rings. The number of piperidine rings is 1. The molecule has 0 amide bonds. The molecule has 1 N–H and O–H groups in total. The fourth-order valence-corrected chi connectivity index (χ4v) is 4.07. The summed E-state index contributed by atoms with van der Waals surface area (Å²) >= 11 is 0. The average molecular weight is 356 g/mol. The molecule has 25 heavy (non-hydrogen) atoms. The molecule has 0 bridgehead atoms. The van der Waals surface area contributed by atoms with E-state index in [1.165, 1.54) is 0 Å². The van der Waals surface area contributed by atoms with Crippen molar-refractivity contribution >= 4 is 0 Å². The number of alkyl halides is 3. The molecule has 3 rings (SSSR count). The molecular weight excluding hydrogens is 329 g/mol. The molecule has 2 fully saturated rings. The molecule has 0 spiro atoms. The first-order valence-corrected chi connectivity index (χ1v) is 9.11. The largest absolute Gasteiger partial charge is 0.391 e. The van der Waals surface area contributed by atoms with Crippen molar-refractivity contribution in [1.82, 2.24) is 20.2 Å². The normalized spacial score (nSPS) is 27.1. The molecule has 1 atom stereocenters. The highest BCUT2D eigenvalue weighted by atomic mass is 19.4. The lowest BCUT2D eigenvalue weighted by Crippen LogP contribution is -2.55. The van der Waals surface area contributed by atoms with Crippen molar-refractivity contribution in [2.45, 2.75) is 70.8 Å². The van der Waals surface area contributed by atoms with Crippen LogP contribution in [0.3, 0.4) is 0 Å². The van der Waals surface area contributed by atoms with Gasteiger partial charge in [0.2, 0.25) is 0 Å².